The molecule has 5 aromatic rings. The zero-order valence-electron chi connectivity index (χ0n) is 29.2. The number of halogens is 5. The number of carboxylic acid groups (broad SMARTS) is 2. The van der Waals surface area contributed by atoms with Gasteiger partial charge in [0.25, 0.3) is 23.0 Å². The maximum atomic E-state index is 15.3. The van der Waals surface area contributed by atoms with Crippen molar-refractivity contribution in [1.82, 2.24) is 25.8 Å². The van der Waals surface area contributed by atoms with E-state index in [4.69, 9.17) is 36.1 Å². The Bertz CT molecular complexity index is 2170. The fourth-order valence-corrected chi connectivity index (χ4v) is 7.68. The highest BCUT2D eigenvalue weighted by Crippen LogP contribution is 2.41. The van der Waals surface area contributed by atoms with Gasteiger partial charge in [-0.15, -0.1) is 10.2 Å². The predicted molar refractivity (Wildman–Crippen MR) is 202 cm³/mol. The largest absolute Gasteiger partial charge is 0.483 e. The first kappa shape index (κ1) is 43.5. The van der Waals surface area contributed by atoms with Crippen molar-refractivity contribution in [2.45, 2.75) is 36.9 Å². The molecule has 1 aliphatic rings. The van der Waals surface area contributed by atoms with Crippen molar-refractivity contribution in [3.8, 4) is 33.8 Å². The van der Waals surface area contributed by atoms with Crippen molar-refractivity contribution in [3.05, 3.63) is 101 Å². The summed E-state index contributed by atoms with van der Waals surface area (Å²) in [7, 11) is -4.40. The molecule has 1 fully saturated rings. The molecule has 20 heteroatoms. The minimum absolute atomic E-state index is 0.0555. The smallest absolute Gasteiger partial charge is 0.416 e. The van der Waals surface area contributed by atoms with E-state index in [2.05, 4.69) is 30.5 Å². The van der Waals surface area contributed by atoms with Gasteiger partial charge in [-0.05, 0) is 104 Å². The lowest BCUT2D eigenvalue weighted by Gasteiger charge is -2.22. The number of aromatic nitrogens is 3. The molecule has 56 heavy (non-hydrogen) atoms. The van der Waals surface area contributed by atoms with Crippen molar-refractivity contribution >= 4 is 51.0 Å². The lowest BCUT2D eigenvalue weighted by molar-refractivity contribution is -0.137. The van der Waals surface area contributed by atoms with Crippen LogP contribution in [0.15, 0.2) is 83.3 Å². The second-order valence-corrected chi connectivity index (χ2v) is 14.8. The quantitative estimate of drug-likeness (QED) is 0.0472. The molecule has 1 saturated heterocycles. The summed E-state index contributed by atoms with van der Waals surface area (Å²) >= 11 is 7.35. The molecule has 0 bridgehead atoms. The standard InChI is InChI=1S/C34H31ClF4N6O3S2.2CH2O2/c35-28-17-32(50(46,47)45-33-44-43-20-49-33)29(36)18-31(28)48-30-5-4-23(22-2-1-3-25(14-22)34(37,38)39)16-27(30)24-9-13-42-26(15-24)19-41-12-8-21-6-10-40-11-7-21;2*2-1-3/h1-5,9,13-18,20-21,40-41H,6-8,10-12,19H2,(H,44,45);2*1H,(H,2,3). The highest BCUT2D eigenvalue weighted by molar-refractivity contribution is 7.93. The van der Waals surface area contributed by atoms with Gasteiger partial charge in [-0.25, -0.2) is 12.8 Å². The average molecular weight is 839 g/mol. The number of alkyl halides is 3. The Morgan fingerprint density at radius 1 is 0.964 bits per heavy atom. The topological polar surface area (TPSA) is 193 Å². The van der Waals surface area contributed by atoms with Crippen LogP contribution < -0.4 is 20.1 Å². The average Bonchev–Trinajstić information content (AvgIpc) is 3.68. The number of sulfonamides is 1. The van der Waals surface area contributed by atoms with E-state index in [9.17, 15) is 21.6 Å². The van der Waals surface area contributed by atoms with Crippen LogP contribution in [0, 0.1) is 11.7 Å². The molecule has 0 saturated carbocycles. The third kappa shape index (κ3) is 12.4. The zero-order valence-corrected chi connectivity index (χ0v) is 31.6. The van der Waals surface area contributed by atoms with E-state index in [0.29, 0.717) is 34.7 Å². The Morgan fingerprint density at radius 3 is 2.36 bits per heavy atom. The second kappa shape index (κ2) is 20.6. The predicted octanol–water partition coefficient (Wildman–Crippen LogP) is 7.55. The van der Waals surface area contributed by atoms with Crippen LogP contribution >= 0.6 is 22.9 Å². The maximum absolute atomic E-state index is 15.3. The molecule has 0 spiro atoms. The van der Waals surface area contributed by atoms with Gasteiger partial charge in [0.2, 0.25) is 5.13 Å². The molecule has 2 aromatic heterocycles. The number of pyridine rings is 1. The molecule has 0 unspecified atom stereocenters. The third-order valence-electron chi connectivity index (χ3n) is 8.20. The van der Waals surface area contributed by atoms with Crippen molar-refractivity contribution in [1.29, 1.82) is 0 Å². The van der Waals surface area contributed by atoms with Crippen LogP contribution in [-0.2, 0) is 32.3 Å². The van der Waals surface area contributed by atoms with Crippen LogP contribution in [0.3, 0.4) is 0 Å². The highest BCUT2D eigenvalue weighted by Gasteiger charge is 2.30. The first-order valence-corrected chi connectivity index (χ1v) is 19.3. The van der Waals surface area contributed by atoms with Crippen LogP contribution in [0.2, 0.25) is 5.02 Å². The molecule has 1 aliphatic heterocycles. The molecule has 3 aromatic carbocycles. The van der Waals surface area contributed by atoms with Gasteiger partial charge < -0.3 is 25.6 Å². The molecular formula is C36H35ClF4N6O7S2. The molecule has 6 rings (SSSR count). The van der Waals surface area contributed by atoms with Gasteiger partial charge in [0.15, 0.2) is 0 Å². The Balaban J connectivity index is 0.00000109. The summed E-state index contributed by atoms with van der Waals surface area (Å²) in [6, 6.07) is 15.1. The van der Waals surface area contributed by atoms with Crippen molar-refractivity contribution in [2.75, 3.05) is 24.4 Å². The number of ether oxygens (including phenoxy) is 1. The fraction of sp³-hybridized carbons (Fsp3) is 0.250. The van der Waals surface area contributed by atoms with Crippen LogP contribution in [0.25, 0.3) is 22.3 Å². The minimum atomic E-state index is -4.53. The Kier molecular flexibility index (Phi) is 16.0. The van der Waals surface area contributed by atoms with Crippen molar-refractivity contribution in [2.24, 2.45) is 5.92 Å². The van der Waals surface area contributed by atoms with E-state index >= 15 is 4.39 Å². The third-order valence-corrected chi connectivity index (χ3v) is 10.6. The lowest BCUT2D eigenvalue weighted by atomic mass is 9.95. The molecule has 0 radical (unpaired) electrons. The van der Waals surface area contributed by atoms with Gasteiger partial charge in [-0.3, -0.25) is 19.3 Å². The van der Waals surface area contributed by atoms with E-state index in [1.165, 1.54) is 17.6 Å². The molecule has 0 atom stereocenters. The Labute approximate surface area is 327 Å². The number of piperidine rings is 1. The number of nitrogens with zero attached hydrogens (tertiary/aromatic N) is 3. The molecule has 0 aliphatic carbocycles. The second-order valence-electron chi connectivity index (χ2n) is 11.9. The molecule has 298 valence electrons. The van der Waals surface area contributed by atoms with Crippen LogP contribution in [0.1, 0.15) is 30.5 Å². The molecule has 3 heterocycles. The number of carbonyl (C=O) groups is 2. The maximum Gasteiger partial charge on any atom is 0.416 e. The lowest BCUT2D eigenvalue weighted by Crippen LogP contribution is -2.29. The van der Waals surface area contributed by atoms with Gasteiger partial charge in [0, 0.05) is 24.4 Å². The minimum Gasteiger partial charge on any atom is -0.483 e. The van der Waals surface area contributed by atoms with Gasteiger partial charge in [-0.1, -0.05) is 41.1 Å². The van der Waals surface area contributed by atoms with Crippen molar-refractivity contribution in [3.63, 3.8) is 0 Å². The summed E-state index contributed by atoms with van der Waals surface area (Å²) < 4.78 is 89.9. The van der Waals surface area contributed by atoms with Gasteiger partial charge in [0.1, 0.15) is 27.7 Å². The summed E-state index contributed by atoms with van der Waals surface area (Å²) in [5.74, 6) is -0.453. The number of anilines is 1. The number of rotatable bonds is 12. The first-order chi connectivity index (χ1) is 26.8. The van der Waals surface area contributed by atoms with E-state index < -0.39 is 32.5 Å². The Hall–Kier alpha value is -5.21. The fourth-order valence-electron chi connectivity index (χ4n) is 5.64. The summed E-state index contributed by atoms with van der Waals surface area (Å²) in [4.78, 5) is 20.5. The molecular weight excluding hydrogens is 804 g/mol. The van der Waals surface area contributed by atoms with Gasteiger partial charge in [0.05, 0.1) is 16.3 Å². The van der Waals surface area contributed by atoms with Gasteiger partial charge >= 0.3 is 6.18 Å². The molecule has 13 nitrogen and oxygen atoms in total. The SMILES string of the molecule is O=CO.O=CO.O=S(=O)(Nc1nncs1)c1cc(Cl)c(Oc2ccc(-c3cccc(C(F)(F)F)c3)cc2-c2ccnc(CNCCC3CCNCC3)c2)cc1F. The molecule has 5 N–H and O–H groups in total. The normalized spacial score (nSPS) is 13.0. The first-order valence-electron chi connectivity index (χ1n) is 16.6. The monoisotopic (exact) mass is 838 g/mol. The number of hydrogen-bond donors (Lipinski definition) is 5. The van der Waals surface area contributed by atoms with Crippen molar-refractivity contribution < 1.29 is 50.5 Å². The highest BCUT2D eigenvalue weighted by atomic mass is 35.5. The summed E-state index contributed by atoms with van der Waals surface area (Å²) in [5.41, 5.74) is 3.13. The van der Waals surface area contributed by atoms with E-state index in [1.54, 1.807) is 30.5 Å². The zero-order chi connectivity index (χ0) is 40.7. The summed E-state index contributed by atoms with van der Waals surface area (Å²) in [6.45, 7) is 2.87. The van der Waals surface area contributed by atoms with Crippen LogP contribution in [0.5, 0.6) is 11.5 Å². The van der Waals surface area contributed by atoms with Crippen LogP contribution in [-0.4, -0.2) is 66.4 Å². The van der Waals surface area contributed by atoms with E-state index in [0.717, 1.165) is 80.2 Å². The van der Waals surface area contributed by atoms with E-state index in [-0.39, 0.29) is 34.6 Å². The summed E-state index contributed by atoms with van der Waals surface area (Å²) in [5, 5.41) is 27.5. The number of benzene rings is 3. The number of nitrogens with one attached hydrogen (secondary N) is 3. The molecule has 0 amide bonds. The number of hydrogen-bond acceptors (Lipinski definition) is 11. The van der Waals surface area contributed by atoms with Crippen LogP contribution in [0.4, 0.5) is 22.7 Å². The summed E-state index contributed by atoms with van der Waals surface area (Å²) in [6.07, 6.45) is 0.434. The van der Waals surface area contributed by atoms with Gasteiger partial charge in [-0.2, -0.15) is 13.2 Å². The van der Waals surface area contributed by atoms with E-state index in [1.807, 2.05) is 6.07 Å². The Morgan fingerprint density at radius 2 is 1.68 bits per heavy atom.